The summed E-state index contributed by atoms with van der Waals surface area (Å²) in [4.78, 5) is 0. The van der Waals surface area contributed by atoms with Gasteiger partial charge in [-0.25, -0.2) is 0 Å². The van der Waals surface area contributed by atoms with Gasteiger partial charge >= 0.3 is 0 Å². The van der Waals surface area contributed by atoms with Crippen LogP contribution in [0.15, 0.2) is 23.0 Å². The zero-order chi connectivity index (χ0) is 14.6. The van der Waals surface area contributed by atoms with Gasteiger partial charge in [0.2, 0.25) is 0 Å². The van der Waals surface area contributed by atoms with Crippen LogP contribution in [0.5, 0.6) is 0 Å². The van der Waals surface area contributed by atoms with Gasteiger partial charge in [-0.1, -0.05) is 75.4 Å². The van der Waals surface area contributed by atoms with Crippen molar-refractivity contribution in [3.63, 3.8) is 0 Å². The minimum absolute atomic E-state index is 0.518. The molecule has 0 aromatic rings. The largest absolute Gasteiger partial charge is 0.103 e. The maximum Gasteiger partial charge on any atom is 0.0726 e. The lowest BCUT2D eigenvalue weighted by atomic mass is 10.2. The molecular formula is C15H32Si3. The van der Waals surface area contributed by atoms with E-state index in [1.165, 1.54) is 6.42 Å². The number of hydrogen-bond acceptors (Lipinski definition) is 0. The van der Waals surface area contributed by atoms with Gasteiger partial charge in [-0.3, -0.25) is 0 Å². The van der Waals surface area contributed by atoms with E-state index in [-0.39, 0.29) is 0 Å². The predicted molar refractivity (Wildman–Crippen MR) is 94.6 cm³/mol. The summed E-state index contributed by atoms with van der Waals surface area (Å²) >= 11 is 0. The van der Waals surface area contributed by atoms with E-state index in [9.17, 15) is 0 Å². The van der Waals surface area contributed by atoms with Gasteiger partial charge in [0.15, 0.2) is 0 Å². The van der Waals surface area contributed by atoms with Crippen LogP contribution in [0.1, 0.15) is 6.42 Å². The van der Waals surface area contributed by atoms with Crippen molar-refractivity contribution < 1.29 is 0 Å². The summed E-state index contributed by atoms with van der Waals surface area (Å²) in [5, 5.41) is 4.39. The normalized spacial score (nSPS) is 20.1. The van der Waals surface area contributed by atoms with Gasteiger partial charge in [0.05, 0.1) is 24.2 Å². The molecule has 1 aliphatic carbocycles. The molecule has 0 heterocycles. The molecular weight excluding hydrogens is 264 g/mol. The van der Waals surface area contributed by atoms with Crippen molar-refractivity contribution in [1.82, 2.24) is 0 Å². The molecule has 0 atom stereocenters. The van der Waals surface area contributed by atoms with Crippen LogP contribution in [-0.4, -0.2) is 24.2 Å². The summed E-state index contributed by atoms with van der Waals surface area (Å²) in [6.45, 7) is 26.9. The van der Waals surface area contributed by atoms with Gasteiger partial charge in [-0.15, -0.1) is 6.58 Å². The topological polar surface area (TPSA) is 0 Å². The Kier molecular flexibility index (Phi) is 3.88. The minimum atomic E-state index is -1.22. The first-order valence-electron chi connectivity index (χ1n) is 7.17. The standard InChI is InChI=1S/C15H32Si3/c1-11-12-15(18(8,9)10)13(16(2,3)4)14(15)17(5,6)7/h11H,1,12H2,2-10H3. The number of hydrogen-bond donors (Lipinski definition) is 0. The smallest absolute Gasteiger partial charge is 0.0726 e. The molecule has 0 aliphatic heterocycles. The summed E-state index contributed by atoms with van der Waals surface area (Å²) < 4.78 is 0. The monoisotopic (exact) mass is 296 g/mol. The van der Waals surface area contributed by atoms with Crippen LogP contribution in [0.4, 0.5) is 0 Å². The number of allylic oxidation sites excluding steroid dienone is 3. The summed E-state index contributed by atoms with van der Waals surface area (Å²) in [6, 6.07) is 0. The van der Waals surface area contributed by atoms with Crippen LogP contribution in [0, 0.1) is 0 Å². The molecule has 1 aliphatic rings. The fraction of sp³-hybridized carbons (Fsp3) is 0.733. The first-order chi connectivity index (χ1) is 7.80. The van der Waals surface area contributed by atoms with E-state index in [1.807, 2.05) is 10.4 Å². The van der Waals surface area contributed by atoms with E-state index >= 15 is 0 Å². The van der Waals surface area contributed by atoms with Gasteiger partial charge in [0.25, 0.3) is 0 Å². The lowest BCUT2D eigenvalue weighted by Gasteiger charge is -2.37. The first-order valence-corrected chi connectivity index (χ1v) is 17.7. The Morgan fingerprint density at radius 3 is 1.33 bits per heavy atom. The molecule has 3 heteroatoms. The molecule has 18 heavy (non-hydrogen) atoms. The van der Waals surface area contributed by atoms with Gasteiger partial charge in [0.1, 0.15) is 0 Å². The van der Waals surface area contributed by atoms with Crippen LogP contribution >= 0.6 is 0 Å². The van der Waals surface area contributed by atoms with Gasteiger partial charge in [-0.05, 0) is 6.42 Å². The fourth-order valence-corrected chi connectivity index (χ4v) is 18.2. The second-order valence-electron chi connectivity index (χ2n) is 8.90. The molecule has 0 aromatic carbocycles. The third-order valence-corrected chi connectivity index (χ3v) is 12.6. The average Bonchev–Trinajstić information content (AvgIpc) is 2.72. The first kappa shape index (κ1) is 16.2. The van der Waals surface area contributed by atoms with E-state index in [0.29, 0.717) is 5.04 Å². The lowest BCUT2D eigenvalue weighted by molar-refractivity contribution is 0.889. The Labute approximate surface area is 118 Å². The number of rotatable bonds is 5. The zero-order valence-corrected chi connectivity index (χ0v) is 17.0. The Hall–Kier alpha value is 0.131. The van der Waals surface area contributed by atoms with Crippen LogP contribution in [0.3, 0.4) is 0 Å². The van der Waals surface area contributed by atoms with Crippen molar-refractivity contribution in [1.29, 1.82) is 0 Å². The molecule has 104 valence electrons. The van der Waals surface area contributed by atoms with Crippen molar-refractivity contribution in [2.45, 2.75) is 70.4 Å². The molecule has 0 spiro atoms. The third-order valence-electron chi connectivity index (χ3n) is 4.27. The quantitative estimate of drug-likeness (QED) is 0.450. The highest BCUT2D eigenvalue weighted by atomic mass is 28.3. The van der Waals surface area contributed by atoms with Crippen LogP contribution < -0.4 is 0 Å². The molecule has 0 bridgehead atoms. The maximum absolute atomic E-state index is 4.06. The molecule has 0 aromatic heterocycles. The van der Waals surface area contributed by atoms with Crippen LogP contribution in [-0.2, 0) is 0 Å². The molecule has 0 nitrogen and oxygen atoms in total. The van der Waals surface area contributed by atoms with Crippen LogP contribution in [0.25, 0.3) is 0 Å². The average molecular weight is 297 g/mol. The highest BCUT2D eigenvalue weighted by molar-refractivity contribution is 7.00. The molecule has 1 rings (SSSR count). The lowest BCUT2D eigenvalue weighted by Crippen LogP contribution is -2.39. The zero-order valence-electron chi connectivity index (χ0n) is 14.0. The fourth-order valence-electron chi connectivity index (χ4n) is 3.83. The third kappa shape index (κ3) is 2.41. The Morgan fingerprint density at radius 1 is 0.833 bits per heavy atom. The van der Waals surface area contributed by atoms with Crippen molar-refractivity contribution >= 4 is 24.2 Å². The van der Waals surface area contributed by atoms with E-state index in [4.69, 9.17) is 0 Å². The highest BCUT2D eigenvalue weighted by Gasteiger charge is 2.65. The molecule has 0 radical (unpaired) electrons. The van der Waals surface area contributed by atoms with Crippen molar-refractivity contribution in [2.75, 3.05) is 0 Å². The minimum Gasteiger partial charge on any atom is -0.103 e. The molecule has 0 saturated heterocycles. The second kappa shape index (κ2) is 4.32. The van der Waals surface area contributed by atoms with Crippen molar-refractivity contribution in [3.8, 4) is 0 Å². The van der Waals surface area contributed by atoms with Crippen molar-refractivity contribution in [2.24, 2.45) is 0 Å². The SMILES string of the molecule is C=CCC1([Si](C)(C)C)C([Si](C)(C)C)=C1[Si](C)(C)C. The van der Waals surface area contributed by atoms with Gasteiger partial charge < -0.3 is 0 Å². The second-order valence-corrected chi connectivity index (χ2v) is 24.3. The summed E-state index contributed by atoms with van der Waals surface area (Å²) in [5.41, 5.74) is 0. The van der Waals surface area contributed by atoms with E-state index < -0.39 is 24.2 Å². The van der Waals surface area contributed by atoms with E-state index in [1.54, 1.807) is 0 Å². The molecule has 0 fully saturated rings. The molecule has 0 unspecified atom stereocenters. The molecule has 0 amide bonds. The summed E-state index contributed by atoms with van der Waals surface area (Å²) in [6.07, 6.45) is 3.40. The van der Waals surface area contributed by atoms with E-state index in [2.05, 4.69) is 71.6 Å². The van der Waals surface area contributed by atoms with Crippen LogP contribution in [0.2, 0.25) is 64.0 Å². The van der Waals surface area contributed by atoms with Gasteiger partial charge in [0, 0.05) is 5.04 Å². The predicted octanol–water partition coefficient (Wildman–Crippen LogP) is 5.71. The Morgan fingerprint density at radius 2 is 1.17 bits per heavy atom. The summed E-state index contributed by atoms with van der Waals surface area (Å²) in [7, 11) is -3.57. The molecule has 0 saturated carbocycles. The highest BCUT2D eigenvalue weighted by Crippen LogP contribution is 2.72. The Bertz CT molecular complexity index is 359. The Balaban J connectivity index is 3.39. The maximum atomic E-state index is 4.06. The summed E-state index contributed by atoms with van der Waals surface area (Å²) in [5.74, 6) is 0. The van der Waals surface area contributed by atoms with Crippen molar-refractivity contribution in [3.05, 3.63) is 23.0 Å². The van der Waals surface area contributed by atoms with E-state index in [0.717, 1.165) is 0 Å². The van der Waals surface area contributed by atoms with Gasteiger partial charge in [-0.2, -0.15) is 0 Å². The molecule has 0 N–H and O–H groups in total.